The Morgan fingerprint density at radius 3 is 0.763 bits per heavy atom. The Morgan fingerprint density at radius 2 is 0.500 bits per heavy atom. The fourth-order valence-corrected chi connectivity index (χ4v) is 5.49. The van der Waals surface area contributed by atoms with Crippen molar-refractivity contribution in [3.05, 3.63) is 0 Å². The lowest BCUT2D eigenvalue weighted by atomic mass is 10.1. The van der Waals surface area contributed by atoms with Gasteiger partial charge in [-0.25, -0.2) is 4.79 Å². The molecule has 0 saturated heterocycles. The zero-order chi connectivity index (χ0) is 27.9. The van der Waals surface area contributed by atoms with Gasteiger partial charge in [0, 0.05) is 26.2 Å². The van der Waals surface area contributed by atoms with Crippen LogP contribution in [0, 0.1) is 0 Å². The Labute approximate surface area is 241 Å². The maximum atomic E-state index is 13.7. The largest absolute Gasteiger partial charge is 0.325 e. The molecule has 0 N–H and O–H groups in total. The van der Waals surface area contributed by atoms with E-state index < -0.39 is 0 Å². The molecule has 0 aliphatic carbocycles. The first kappa shape index (κ1) is 37.3. The fraction of sp³-hybridized carbons (Fsp3) is 0.971. The molecule has 0 atom stereocenters. The Hall–Kier alpha value is -0.730. The average molecular weight is 537 g/mol. The standard InChI is InChI=1S/C35H72N2O/c1-5-9-13-15-17-19-21-23-25-29-33-36(31-27-11-7-3)35(38)37(32-28-12-8-4)34-30-26-24-22-20-18-16-14-10-6-2/h5-34H2,1-4H3. The van der Waals surface area contributed by atoms with Crippen LogP contribution >= 0.6 is 0 Å². The smallest absolute Gasteiger partial charge is 0.319 e. The molecule has 0 aliphatic heterocycles. The molecule has 0 spiro atoms. The Bertz CT molecular complexity index is 427. The van der Waals surface area contributed by atoms with Crippen molar-refractivity contribution in [1.82, 2.24) is 9.80 Å². The molecule has 0 unspecified atom stereocenters. The molecule has 0 aromatic heterocycles. The van der Waals surface area contributed by atoms with Gasteiger partial charge in [0.15, 0.2) is 0 Å². The molecule has 0 radical (unpaired) electrons. The summed E-state index contributed by atoms with van der Waals surface area (Å²) in [6, 6.07) is 0.337. The highest BCUT2D eigenvalue weighted by atomic mass is 16.2. The average Bonchev–Trinajstić information content (AvgIpc) is 2.92. The minimum absolute atomic E-state index is 0.337. The second-order valence-corrected chi connectivity index (χ2v) is 12.0. The van der Waals surface area contributed by atoms with E-state index >= 15 is 0 Å². The SMILES string of the molecule is CCCCCCCCCCCCN(CCCCC)C(=O)N(CCCCC)CCCCCCCCCCCC. The summed E-state index contributed by atoms with van der Waals surface area (Å²) in [7, 11) is 0. The van der Waals surface area contributed by atoms with Crippen LogP contribution in [0.2, 0.25) is 0 Å². The van der Waals surface area contributed by atoms with E-state index in [2.05, 4.69) is 37.5 Å². The van der Waals surface area contributed by atoms with Gasteiger partial charge in [0.1, 0.15) is 0 Å². The van der Waals surface area contributed by atoms with Gasteiger partial charge >= 0.3 is 6.03 Å². The van der Waals surface area contributed by atoms with Gasteiger partial charge in [0.25, 0.3) is 0 Å². The molecule has 0 saturated carbocycles. The first-order valence-corrected chi connectivity index (χ1v) is 17.7. The Kier molecular flexibility index (Phi) is 30.2. The van der Waals surface area contributed by atoms with Crippen LogP contribution in [-0.4, -0.2) is 42.0 Å². The minimum Gasteiger partial charge on any atom is -0.325 e. The van der Waals surface area contributed by atoms with Crippen LogP contribution in [0.25, 0.3) is 0 Å². The number of unbranched alkanes of at least 4 members (excludes halogenated alkanes) is 22. The highest BCUT2D eigenvalue weighted by Gasteiger charge is 2.20. The zero-order valence-corrected chi connectivity index (χ0v) is 27.0. The summed E-state index contributed by atoms with van der Waals surface area (Å²) in [6.45, 7) is 12.9. The van der Waals surface area contributed by atoms with E-state index in [0.717, 1.165) is 39.0 Å². The van der Waals surface area contributed by atoms with Gasteiger partial charge in [-0.3, -0.25) is 0 Å². The number of hydrogen-bond donors (Lipinski definition) is 0. The predicted molar refractivity (Wildman–Crippen MR) is 171 cm³/mol. The second-order valence-electron chi connectivity index (χ2n) is 12.0. The maximum absolute atomic E-state index is 13.7. The van der Waals surface area contributed by atoms with E-state index in [1.807, 2.05) is 0 Å². The van der Waals surface area contributed by atoms with E-state index in [0.29, 0.717) is 6.03 Å². The normalized spacial score (nSPS) is 11.3. The summed E-state index contributed by atoms with van der Waals surface area (Å²) in [5.41, 5.74) is 0. The maximum Gasteiger partial charge on any atom is 0.319 e. The predicted octanol–water partition coefficient (Wildman–Crippen LogP) is 11.9. The van der Waals surface area contributed by atoms with Gasteiger partial charge in [0.05, 0.1) is 0 Å². The molecule has 38 heavy (non-hydrogen) atoms. The lowest BCUT2D eigenvalue weighted by Gasteiger charge is -2.31. The number of rotatable bonds is 30. The molecule has 228 valence electrons. The topological polar surface area (TPSA) is 23.6 Å². The summed E-state index contributed by atoms with van der Waals surface area (Å²) in [5.74, 6) is 0. The number of nitrogens with zero attached hydrogens (tertiary/aromatic N) is 2. The van der Waals surface area contributed by atoms with Crippen LogP contribution in [-0.2, 0) is 0 Å². The molecule has 0 aromatic rings. The summed E-state index contributed by atoms with van der Waals surface area (Å²) in [6.07, 6.45) is 34.3. The van der Waals surface area contributed by atoms with Crippen molar-refractivity contribution >= 4 is 6.03 Å². The van der Waals surface area contributed by atoms with Crippen molar-refractivity contribution in [2.45, 2.75) is 195 Å². The lowest BCUT2D eigenvalue weighted by molar-refractivity contribution is 0.148. The highest BCUT2D eigenvalue weighted by molar-refractivity contribution is 5.74. The molecular weight excluding hydrogens is 464 g/mol. The summed E-state index contributed by atoms with van der Waals surface area (Å²) in [4.78, 5) is 18.1. The van der Waals surface area contributed by atoms with Crippen LogP contribution in [0.15, 0.2) is 0 Å². The van der Waals surface area contributed by atoms with Crippen molar-refractivity contribution in [2.24, 2.45) is 0 Å². The summed E-state index contributed by atoms with van der Waals surface area (Å²) < 4.78 is 0. The van der Waals surface area contributed by atoms with Gasteiger partial charge in [-0.1, -0.05) is 169 Å². The fourth-order valence-electron chi connectivity index (χ4n) is 5.49. The number of carbonyl (C=O) groups excluding carboxylic acids is 1. The van der Waals surface area contributed by atoms with Gasteiger partial charge in [-0.2, -0.15) is 0 Å². The molecule has 0 aliphatic rings. The zero-order valence-electron chi connectivity index (χ0n) is 27.0. The van der Waals surface area contributed by atoms with E-state index in [-0.39, 0.29) is 0 Å². The molecule has 0 bridgehead atoms. The summed E-state index contributed by atoms with van der Waals surface area (Å²) in [5, 5.41) is 0. The van der Waals surface area contributed by atoms with E-state index in [1.165, 1.54) is 154 Å². The molecule has 0 fully saturated rings. The van der Waals surface area contributed by atoms with Crippen LogP contribution in [0.4, 0.5) is 4.79 Å². The van der Waals surface area contributed by atoms with Crippen molar-refractivity contribution in [2.75, 3.05) is 26.2 Å². The molecule has 0 rings (SSSR count). The van der Waals surface area contributed by atoms with Gasteiger partial charge < -0.3 is 9.80 Å². The third-order valence-corrected chi connectivity index (χ3v) is 8.17. The second kappa shape index (κ2) is 30.8. The molecule has 0 heterocycles. The Morgan fingerprint density at radius 1 is 0.316 bits per heavy atom. The Balaban J connectivity index is 4.45. The quantitative estimate of drug-likeness (QED) is 0.0837. The monoisotopic (exact) mass is 537 g/mol. The highest BCUT2D eigenvalue weighted by Crippen LogP contribution is 2.15. The first-order chi connectivity index (χ1) is 18.7. The summed E-state index contributed by atoms with van der Waals surface area (Å²) >= 11 is 0. The van der Waals surface area contributed by atoms with E-state index in [4.69, 9.17) is 0 Å². The van der Waals surface area contributed by atoms with Crippen LogP contribution in [0.3, 0.4) is 0 Å². The van der Waals surface area contributed by atoms with Gasteiger partial charge in [-0.05, 0) is 25.7 Å². The third kappa shape index (κ3) is 24.3. The van der Waals surface area contributed by atoms with Crippen LogP contribution < -0.4 is 0 Å². The number of hydrogen-bond acceptors (Lipinski definition) is 1. The number of amides is 2. The molecule has 2 amide bonds. The molecule has 3 heteroatoms. The minimum atomic E-state index is 0.337. The van der Waals surface area contributed by atoms with Crippen molar-refractivity contribution in [1.29, 1.82) is 0 Å². The third-order valence-electron chi connectivity index (χ3n) is 8.17. The molecule has 0 aromatic carbocycles. The van der Waals surface area contributed by atoms with Gasteiger partial charge in [-0.15, -0.1) is 0 Å². The van der Waals surface area contributed by atoms with Crippen molar-refractivity contribution in [3.63, 3.8) is 0 Å². The van der Waals surface area contributed by atoms with Crippen molar-refractivity contribution in [3.8, 4) is 0 Å². The molecular formula is C35H72N2O. The van der Waals surface area contributed by atoms with Gasteiger partial charge in [0.2, 0.25) is 0 Å². The van der Waals surface area contributed by atoms with Crippen molar-refractivity contribution < 1.29 is 4.79 Å². The van der Waals surface area contributed by atoms with E-state index in [9.17, 15) is 4.79 Å². The molecule has 3 nitrogen and oxygen atoms in total. The number of carbonyl (C=O) groups is 1. The van der Waals surface area contributed by atoms with Crippen LogP contribution in [0.5, 0.6) is 0 Å². The van der Waals surface area contributed by atoms with E-state index in [1.54, 1.807) is 0 Å². The number of urea groups is 1. The van der Waals surface area contributed by atoms with Crippen LogP contribution in [0.1, 0.15) is 195 Å². The lowest BCUT2D eigenvalue weighted by Crippen LogP contribution is -2.45. The first-order valence-electron chi connectivity index (χ1n) is 17.7.